The Balaban J connectivity index is 2.83. The van der Waals surface area contributed by atoms with Crippen LogP contribution in [0.15, 0.2) is 0 Å². The van der Waals surface area contributed by atoms with E-state index in [0.29, 0.717) is 6.54 Å². The highest BCUT2D eigenvalue weighted by Crippen LogP contribution is 2.12. The van der Waals surface area contributed by atoms with E-state index in [0.717, 1.165) is 18.0 Å². The molecule has 3 nitrogen and oxygen atoms in total. The zero-order chi connectivity index (χ0) is 9.84. The first kappa shape index (κ1) is 10.6. The third-order valence-electron chi connectivity index (χ3n) is 2.24. The number of aromatic nitrogens is 2. The summed E-state index contributed by atoms with van der Waals surface area (Å²) in [5.41, 5.74) is 9.12. The lowest BCUT2D eigenvalue weighted by Crippen LogP contribution is -2.05. The van der Waals surface area contributed by atoms with Crippen LogP contribution in [0.5, 0.6) is 0 Å². The molecule has 1 heterocycles. The molecule has 74 valence electrons. The summed E-state index contributed by atoms with van der Waals surface area (Å²) < 4.78 is 2.05. The summed E-state index contributed by atoms with van der Waals surface area (Å²) in [5, 5.41) is 4.44. The number of nitrogens with two attached hydrogens (primary N) is 1. The maximum atomic E-state index is 5.63. The lowest BCUT2D eigenvalue weighted by atomic mass is 10.2. The van der Waals surface area contributed by atoms with E-state index >= 15 is 0 Å². The van der Waals surface area contributed by atoms with Crippen LogP contribution in [0.2, 0.25) is 0 Å². The van der Waals surface area contributed by atoms with Gasteiger partial charge >= 0.3 is 0 Å². The van der Waals surface area contributed by atoms with Crippen LogP contribution >= 0.6 is 11.8 Å². The van der Waals surface area contributed by atoms with Gasteiger partial charge in [0.2, 0.25) is 0 Å². The first-order chi connectivity index (χ1) is 6.20. The topological polar surface area (TPSA) is 43.8 Å². The molecule has 13 heavy (non-hydrogen) atoms. The summed E-state index contributed by atoms with van der Waals surface area (Å²) in [7, 11) is 0. The average molecular weight is 199 g/mol. The van der Waals surface area contributed by atoms with E-state index in [1.165, 1.54) is 11.3 Å². The van der Waals surface area contributed by atoms with E-state index in [4.69, 9.17) is 5.73 Å². The van der Waals surface area contributed by atoms with Crippen molar-refractivity contribution in [2.45, 2.75) is 26.9 Å². The lowest BCUT2D eigenvalue weighted by Gasteiger charge is -2.02. The van der Waals surface area contributed by atoms with Crippen molar-refractivity contribution in [1.82, 2.24) is 9.78 Å². The number of rotatable bonds is 4. The van der Waals surface area contributed by atoms with Gasteiger partial charge < -0.3 is 5.73 Å². The van der Waals surface area contributed by atoms with E-state index in [2.05, 4.69) is 18.3 Å². The van der Waals surface area contributed by atoms with E-state index in [-0.39, 0.29) is 0 Å². The lowest BCUT2D eigenvalue weighted by molar-refractivity contribution is 0.639. The van der Waals surface area contributed by atoms with E-state index < -0.39 is 0 Å². The fourth-order valence-corrected chi connectivity index (χ4v) is 1.78. The van der Waals surface area contributed by atoms with Crippen LogP contribution in [0.1, 0.15) is 17.0 Å². The molecule has 4 heteroatoms. The highest BCUT2D eigenvalue weighted by molar-refractivity contribution is 7.98. The van der Waals surface area contributed by atoms with Crippen molar-refractivity contribution in [3.8, 4) is 0 Å². The molecule has 0 atom stereocenters. The Hall–Kier alpha value is -0.480. The summed E-state index contributed by atoms with van der Waals surface area (Å²) in [6.07, 6.45) is 2.11. The van der Waals surface area contributed by atoms with E-state index in [1.54, 1.807) is 0 Å². The molecule has 0 saturated heterocycles. The Morgan fingerprint density at radius 3 is 2.62 bits per heavy atom. The molecule has 2 N–H and O–H groups in total. The molecule has 1 aromatic rings. The van der Waals surface area contributed by atoms with Gasteiger partial charge in [0.25, 0.3) is 0 Å². The molecule has 0 radical (unpaired) electrons. The summed E-state index contributed by atoms with van der Waals surface area (Å²) in [6, 6.07) is 0. The molecule has 0 unspecified atom stereocenters. The number of hydrogen-bond donors (Lipinski definition) is 1. The van der Waals surface area contributed by atoms with Gasteiger partial charge in [0.05, 0.1) is 12.2 Å². The van der Waals surface area contributed by atoms with Gasteiger partial charge in [-0.1, -0.05) is 0 Å². The van der Waals surface area contributed by atoms with Crippen molar-refractivity contribution >= 4 is 11.8 Å². The molecule has 0 bridgehead atoms. The molecule has 0 fully saturated rings. The summed E-state index contributed by atoms with van der Waals surface area (Å²) >= 11 is 1.84. The van der Waals surface area contributed by atoms with Crippen molar-refractivity contribution in [2.75, 3.05) is 12.0 Å². The van der Waals surface area contributed by atoms with Crippen LogP contribution in [-0.2, 0) is 13.1 Å². The monoisotopic (exact) mass is 199 g/mol. The second-order valence-corrected chi connectivity index (χ2v) is 4.06. The largest absolute Gasteiger partial charge is 0.326 e. The standard InChI is InChI=1S/C9H17N3S/c1-7-9(6-10)8(2)12(11-7)4-5-13-3/h4-6,10H2,1-3H3. The molecule has 0 amide bonds. The molecule has 0 aliphatic heterocycles. The fourth-order valence-electron chi connectivity index (χ4n) is 1.42. The first-order valence-corrected chi connectivity index (χ1v) is 5.82. The Bertz CT molecular complexity index is 281. The van der Waals surface area contributed by atoms with Crippen molar-refractivity contribution in [3.63, 3.8) is 0 Å². The highest BCUT2D eigenvalue weighted by Gasteiger charge is 2.08. The zero-order valence-electron chi connectivity index (χ0n) is 8.50. The Kier molecular flexibility index (Phi) is 3.81. The molecule has 1 rings (SSSR count). The number of nitrogens with zero attached hydrogens (tertiary/aromatic N) is 2. The van der Waals surface area contributed by atoms with E-state index in [1.807, 2.05) is 23.4 Å². The van der Waals surface area contributed by atoms with Gasteiger partial charge in [-0.3, -0.25) is 4.68 Å². The van der Waals surface area contributed by atoms with Crippen LogP contribution in [0.3, 0.4) is 0 Å². The SMILES string of the molecule is CSCCn1nc(C)c(CN)c1C. The van der Waals surface area contributed by atoms with E-state index in [9.17, 15) is 0 Å². The normalized spacial score (nSPS) is 10.8. The number of aryl methyl sites for hydroxylation is 2. The van der Waals surface area contributed by atoms with Crippen molar-refractivity contribution in [2.24, 2.45) is 5.73 Å². The van der Waals surface area contributed by atoms with Gasteiger partial charge in [-0.2, -0.15) is 16.9 Å². The predicted octanol–water partition coefficient (Wildman–Crippen LogP) is 1.32. The Labute approximate surface area is 83.7 Å². The minimum atomic E-state index is 0.594. The average Bonchev–Trinajstić information content (AvgIpc) is 2.38. The minimum Gasteiger partial charge on any atom is -0.326 e. The Morgan fingerprint density at radius 2 is 2.15 bits per heavy atom. The van der Waals surface area contributed by atoms with Crippen molar-refractivity contribution < 1.29 is 0 Å². The van der Waals surface area contributed by atoms with Crippen LogP contribution in [-0.4, -0.2) is 21.8 Å². The van der Waals surface area contributed by atoms with Crippen LogP contribution in [0, 0.1) is 13.8 Å². The molecule has 0 aliphatic rings. The van der Waals surface area contributed by atoms with Gasteiger partial charge in [-0.25, -0.2) is 0 Å². The molecule has 1 aromatic heterocycles. The molecule has 0 spiro atoms. The fraction of sp³-hybridized carbons (Fsp3) is 0.667. The third-order valence-corrected chi connectivity index (χ3v) is 2.83. The quantitative estimate of drug-likeness (QED) is 0.795. The predicted molar refractivity (Wildman–Crippen MR) is 58.0 cm³/mol. The second kappa shape index (κ2) is 4.67. The van der Waals surface area contributed by atoms with Gasteiger partial charge in [0, 0.05) is 23.6 Å². The van der Waals surface area contributed by atoms with Crippen LogP contribution in [0.25, 0.3) is 0 Å². The highest BCUT2D eigenvalue weighted by atomic mass is 32.2. The smallest absolute Gasteiger partial charge is 0.0641 e. The summed E-state index contributed by atoms with van der Waals surface area (Å²) in [5.74, 6) is 1.10. The minimum absolute atomic E-state index is 0.594. The summed E-state index contributed by atoms with van der Waals surface area (Å²) in [6.45, 7) is 5.68. The van der Waals surface area contributed by atoms with Gasteiger partial charge in [0.15, 0.2) is 0 Å². The second-order valence-electron chi connectivity index (χ2n) is 3.07. The number of thioether (sulfide) groups is 1. The molecular weight excluding hydrogens is 182 g/mol. The number of hydrogen-bond acceptors (Lipinski definition) is 3. The molecule has 0 aromatic carbocycles. The van der Waals surface area contributed by atoms with Gasteiger partial charge in [-0.15, -0.1) is 0 Å². The summed E-state index contributed by atoms with van der Waals surface area (Å²) in [4.78, 5) is 0. The zero-order valence-corrected chi connectivity index (χ0v) is 9.32. The third kappa shape index (κ3) is 2.25. The van der Waals surface area contributed by atoms with Crippen molar-refractivity contribution in [1.29, 1.82) is 0 Å². The van der Waals surface area contributed by atoms with Crippen LogP contribution < -0.4 is 5.73 Å². The van der Waals surface area contributed by atoms with Gasteiger partial charge in [0.1, 0.15) is 0 Å². The molecular formula is C9H17N3S. The van der Waals surface area contributed by atoms with Crippen LogP contribution in [0.4, 0.5) is 0 Å². The first-order valence-electron chi connectivity index (χ1n) is 4.42. The molecule has 0 aliphatic carbocycles. The maximum absolute atomic E-state index is 5.63. The van der Waals surface area contributed by atoms with Gasteiger partial charge in [-0.05, 0) is 20.1 Å². The maximum Gasteiger partial charge on any atom is 0.0641 e. The van der Waals surface area contributed by atoms with Crippen molar-refractivity contribution in [3.05, 3.63) is 17.0 Å². The Morgan fingerprint density at radius 1 is 1.46 bits per heavy atom. The molecule has 0 saturated carbocycles.